The van der Waals surface area contributed by atoms with Crippen molar-refractivity contribution in [2.24, 2.45) is 5.92 Å². The van der Waals surface area contributed by atoms with Crippen molar-refractivity contribution in [3.63, 3.8) is 0 Å². The second-order valence-corrected chi connectivity index (χ2v) is 4.07. The van der Waals surface area contributed by atoms with Gasteiger partial charge in [0.15, 0.2) is 0 Å². The number of carbonyl (C=O) groups excluding carboxylic acids is 5. The van der Waals surface area contributed by atoms with E-state index in [-0.39, 0.29) is 25.8 Å². The summed E-state index contributed by atoms with van der Waals surface area (Å²) in [6.45, 7) is -0.0701. The maximum Gasteiger partial charge on any atom is 0.559 e. The first kappa shape index (κ1) is 13.0. The van der Waals surface area contributed by atoms with Crippen LogP contribution in [0.2, 0.25) is 0 Å². The van der Waals surface area contributed by atoms with E-state index in [2.05, 4.69) is 9.68 Å². The summed E-state index contributed by atoms with van der Waals surface area (Å²) in [5, 5.41) is 0.979. The van der Waals surface area contributed by atoms with Gasteiger partial charge < -0.3 is 9.63 Å². The first-order valence-electron chi connectivity index (χ1n) is 5.52. The Morgan fingerprint density at radius 2 is 1.74 bits per heavy atom. The predicted molar refractivity (Wildman–Crippen MR) is 54.5 cm³/mol. The molecular formula is C10H10N2O7. The number of carbonyl (C=O) groups is 5. The van der Waals surface area contributed by atoms with Gasteiger partial charge in [0, 0.05) is 25.2 Å². The third kappa shape index (κ3) is 2.69. The van der Waals surface area contributed by atoms with Crippen molar-refractivity contribution in [3.05, 3.63) is 0 Å². The van der Waals surface area contributed by atoms with Crippen LogP contribution in [-0.4, -0.2) is 46.8 Å². The van der Waals surface area contributed by atoms with Crippen LogP contribution in [-0.2, 0) is 28.9 Å². The molecule has 0 aromatic carbocycles. The zero-order valence-corrected chi connectivity index (χ0v) is 9.74. The molecule has 0 aromatic heterocycles. The Balaban J connectivity index is 1.88. The Morgan fingerprint density at radius 1 is 1.11 bits per heavy atom. The SMILES string of the molecule is O=CC1CC(=O)N(OC(=O)ON2C(=O)CCC2=O)C1. The summed E-state index contributed by atoms with van der Waals surface area (Å²) in [6.07, 6.45) is -0.925. The molecule has 9 heteroatoms. The van der Waals surface area contributed by atoms with Crippen LogP contribution in [0.1, 0.15) is 19.3 Å². The molecule has 2 rings (SSSR count). The van der Waals surface area contributed by atoms with Gasteiger partial charge in [0.25, 0.3) is 17.7 Å². The molecule has 2 heterocycles. The second kappa shape index (κ2) is 5.04. The molecule has 102 valence electrons. The molecule has 0 aromatic rings. The number of hydrogen-bond acceptors (Lipinski definition) is 7. The number of aldehydes is 1. The maximum absolute atomic E-state index is 11.3. The van der Waals surface area contributed by atoms with Crippen LogP contribution in [0.4, 0.5) is 4.79 Å². The zero-order valence-electron chi connectivity index (χ0n) is 9.74. The van der Waals surface area contributed by atoms with Crippen molar-refractivity contribution in [2.45, 2.75) is 19.3 Å². The summed E-state index contributed by atoms with van der Waals surface area (Å²) < 4.78 is 0. The first-order valence-corrected chi connectivity index (χ1v) is 5.52. The lowest BCUT2D eigenvalue weighted by molar-refractivity contribution is -0.196. The lowest BCUT2D eigenvalue weighted by Crippen LogP contribution is -2.36. The van der Waals surface area contributed by atoms with Crippen molar-refractivity contribution >= 4 is 30.2 Å². The van der Waals surface area contributed by atoms with Gasteiger partial charge in [0.1, 0.15) is 6.29 Å². The average Bonchev–Trinajstić information content (AvgIpc) is 2.87. The molecule has 9 nitrogen and oxygen atoms in total. The molecule has 2 saturated heterocycles. The van der Waals surface area contributed by atoms with Crippen LogP contribution >= 0.6 is 0 Å². The third-order valence-electron chi connectivity index (χ3n) is 2.66. The quantitative estimate of drug-likeness (QED) is 0.486. The van der Waals surface area contributed by atoms with Crippen molar-refractivity contribution in [2.75, 3.05) is 6.54 Å². The van der Waals surface area contributed by atoms with Crippen LogP contribution in [0.15, 0.2) is 0 Å². The molecular weight excluding hydrogens is 260 g/mol. The van der Waals surface area contributed by atoms with Crippen LogP contribution in [0.3, 0.4) is 0 Å². The Labute approximate surface area is 106 Å². The Hall–Kier alpha value is -2.45. The Kier molecular flexibility index (Phi) is 3.45. The molecule has 1 unspecified atom stereocenters. The van der Waals surface area contributed by atoms with Gasteiger partial charge in [-0.25, -0.2) is 0 Å². The molecule has 2 aliphatic heterocycles. The minimum absolute atomic E-state index is 0.0397. The highest BCUT2D eigenvalue weighted by Crippen LogP contribution is 2.17. The highest BCUT2D eigenvalue weighted by molar-refractivity contribution is 6.01. The van der Waals surface area contributed by atoms with Crippen LogP contribution in [0.25, 0.3) is 0 Å². The van der Waals surface area contributed by atoms with Gasteiger partial charge in [-0.3, -0.25) is 19.2 Å². The molecule has 1 atom stereocenters. The van der Waals surface area contributed by atoms with Crippen molar-refractivity contribution in [1.82, 2.24) is 10.1 Å². The summed E-state index contributed by atoms with van der Waals surface area (Å²) in [5.41, 5.74) is 0. The van der Waals surface area contributed by atoms with E-state index in [1.807, 2.05) is 0 Å². The van der Waals surface area contributed by atoms with E-state index in [0.717, 1.165) is 0 Å². The molecule has 0 spiro atoms. The molecule has 0 N–H and O–H groups in total. The number of amides is 3. The maximum atomic E-state index is 11.3. The van der Waals surface area contributed by atoms with E-state index in [1.165, 1.54) is 0 Å². The molecule has 0 bridgehead atoms. The second-order valence-electron chi connectivity index (χ2n) is 4.07. The highest BCUT2D eigenvalue weighted by Gasteiger charge is 2.36. The number of imide groups is 1. The van der Waals surface area contributed by atoms with E-state index in [4.69, 9.17) is 0 Å². The molecule has 2 fully saturated rings. The monoisotopic (exact) mass is 270 g/mol. The highest BCUT2D eigenvalue weighted by atomic mass is 16.9. The van der Waals surface area contributed by atoms with Crippen molar-refractivity contribution in [3.8, 4) is 0 Å². The van der Waals surface area contributed by atoms with Crippen LogP contribution in [0, 0.1) is 5.92 Å². The molecule has 0 aliphatic carbocycles. The van der Waals surface area contributed by atoms with Gasteiger partial charge in [-0.05, 0) is 0 Å². The van der Waals surface area contributed by atoms with E-state index in [0.29, 0.717) is 16.4 Å². The number of nitrogens with zero attached hydrogens (tertiary/aromatic N) is 2. The third-order valence-corrected chi connectivity index (χ3v) is 2.66. The summed E-state index contributed by atoms with van der Waals surface area (Å²) in [5.74, 6) is -2.40. The fourth-order valence-corrected chi connectivity index (χ4v) is 1.72. The molecule has 19 heavy (non-hydrogen) atoms. The van der Waals surface area contributed by atoms with Crippen molar-refractivity contribution in [1.29, 1.82) is 0 Å². The fourth-order valence-electron chi connectivity index (χ4n) is 1.72. The predicted octanol–water partition coefficient (Wildman–Crippen LogP) is -0.834. The standard InChI is InChI=1S/C10H10N2O7/c13-5-6-3-9(16)11(4-6)18-10(17)19-12-7(14)1-2-8(12)15/h5-6H,1-4H2. The lowest BCUT2D eigenvalue weighted by atomic mass is 10.1. The smallest absolute Gasteiger partial charge is 0.303 e. The first-order chi connectivity index (χ1) is 9.01. The molecule has 0 radical (unpaired) electrons. The van der Waals surface area contributed by atoms with E-state index in [1.54, 1.807) is 0 Å². The van der Waals surface area contributed by atoms with Gasteiger partial charge in [-0.1, -0.05) is 5.06 Å². The number of rotatable bonds is 3. The topological polar surface area (TPSA) is 110 Å². The van der Waals surface area contributed by atoms with Gasteiger partial charge in [0.2, 0.25) is 0 Å². The minimum atomic E-state index is -1.37. The van der Waals surface area contributed by atoms with E-state index >= 15 is 0 Å². The largest absolute Gasteiger partial charge is 0.559 e. The zero-order chi connectivity index (χ0) is 14.0. The normalized spacial score (nSPS) is 22.9. The minimum Gasteiger partial charge on any atom is -0.303 e. The van der Waals surface area contributed by atoms with Gasteiger partial charge in [-0.2, -0.15) is 9.86 Å². The summed E-state index contributed by atoms with van der Waals surface area (Å²) in [7, 11) is 0. The Bertz CT molecular complexity index is 445. The van der Waals surface area contributed by atoms with E-state index in [9.17, 15) is 24.0 Å². The summed E-state index contributed by atoms with van der Waals surface area (Å²) in [4.78, 5) is 64.4. The summed E-state index contributed by atoms with van der Waals surface area (Å²) >= 11 is 0. The molecule has 3 amide bonds. The van der Waals surface area contributed by atoms with Crippen molar-refractivity contribution < 1.29 is 33.6 Å². The van der Waals surface area contributed by atoms with Crippen LogP contribution in [0.5, 0.6) is 0 Å². The number of hydrogen-bond donors (Lipinski definition) is 0. The molecule has 0 saturated carbocycles. The average molecular weight is 270 g/mol. The summed E-state index contributed by atoms with van der Waals surface area (Å²) in [6, 6.07) is 0. The fraction of sp³-hybridized carbons (Fsp3) is 0.500. The van der Waals surface area contributed by atoms with Crippen LogP contribution < -0.4 is 0 Å². The van der Waals surface area contributed by atoms with E-state index < -0.39 is 29.8 Å². The van der Waals surface area contributed by atoms with Gasteiger partial charge in [0.05, 0.1) is 6.54 Å². The van der Waals surface area contributed by atoms with Gasteiger partial charge >= 0.3 is 6.16 Å². The van der Waals surface area contributed by atoms with Gasteiger partial charge in [-0.15, -0.1) is 0 Å². The molecule has 2 aliphatic rings. The number of hydroxylamine groups is 4. The Morgan fingerprint density at radius 3 is 2.26 bits per heavy atom. The lowest BCUT2D eigenvalue weighted by Gasteiger charge is -2.16.